The number of piperidine rings is 1. The van der Waals surface area contributed by atoms with Crippen molar-refractivity contribution < 1.29 is 19.2 Å². The average molecular weight is 448 g/mol. The third kappa shape index (κ3) is 3.75. The van der Waals surface area contributed by atoms with Gasteiger partial charge in [-0.2, -0.15) is 5.10 Å². The van der Waals surface area contributed by atoms with Crippen molar-refractivity contribution in [2.75, 3.05) is 5.32 Å². The number of nitrogens with zero attached hydrogens (tertiary/aromatic N) is 6. The van der Waals surface area contributed by atoms with Gasteiger partial charge in [0, 0.05) is 43.0 Å². The molecule has 4 amide bonds. The zero-order chi connectivity index (χ0) is 23.1. The van der Waals surface area contributed by atoms with E-state index in [0.29, 0.717) is 22.5 Å². The second kappa shape index (κ2) is 7.97. The Morgan fingerprint density at radius 1 is 1.24 bits per heavy atom. The minimum absolute atomic E-state index is 0.0701. The maximum atomic E-state index is 12.9. The number of amides is 4. The Morgan fingerprint density at radius 3 is 2.85 bits per heavy atom. The molecule has 2 aliphatic rings. The van der Waals surface area contributed by atoms with Gasteiger partial charge in [-0.1, -0.05) is 11.3 Å². The van der Waals surface area contributed by atoms with Crippen molar-refractivity contribution in [1.29, 1.82) is 0 Å². The van der Waals surface area contributed by atoms with Crippen LogP contribution in [0.4, 0.5) is 5.69 Å². The molecule has 1 fully saturated rings. The molecule has 5 rings (SSSR count). The van der Waals surface area contributed by atoms with E-state index < -0.39 is 11.9 Å². The zero-order valence-electron chi connectivity index (χ0n) is 17.7. The largest absolute Gasteiger partial charge is 0.324 e. The molecule has 1 atom stereocenters. The molecule has 33 heavy (non-hydrogen) atoms. The van der Waals surface area contributed by atoms with E-state index in [-0.39, 0.29) is 43.7 Å². The number of nitrogens with one attached hydrogen (secondary N) is 2. The number of imide groups is 1. The summed E-state index contributed by atoms with van der Waals surface area (Å²) in [5.41, 5.74) is 2.92. The van der Waals surface area contributed by atoms with Gasteiger partial charge in [-0.3, -0.25) is 29.2 Å². The summed E-state index contributed by atoms with van der Waals surface area (Å²) in [5, 5.41) is 17.3. The molecule has 0 radical (unpaired) electrons. The van der Waals surface area contributed by atoms with Crippen molar-refractivity contribution >= 4 is 29.3 Å². The highest BCUT2D eigenvalue weighted by molar-refractivity contribution is 6.06. The topological polar surface area (TPSA) is 144 Å². The highest BCUT2D eigenvalue weighted by Gasteiger charge is 2.39. The normalized spacial score (nSPS) is 17.8. The van der Waals surface area contributed by atoms with Crippen LogP contribution in [-0.2, 0) is 34.5 Å². The van der Waals surface area contributed by atoms with E-state index in [1.165, 1.54) is 9.58 Å². The molecule has 12 heteroatoms. The van der Waals surface area contributed by atoms with Crippen molar-refractivity contribution in [2.24, 2.45) is 7.05 Å². The molecule has 0 spiro atoms. The van der Waals surface area contributed by atoms with E-state index in [2.05, 4.69) is 26.0 Å². The third-order valence-corrected chi connectivity index (χ3v) is 5.78. The van der Waals surface area contributed by atoms with E-state index >= 15 is 0 Å². The second-order valence-electron chi connectivity index (χ2n) is 7.92. The Bertz CT molecular complexity index is 1290. The molecule has 3 aromatic rings. The quantitative estimate of drug-likeness (QED) is 0.526. The number of carbonyl (C=O) groups is 4. The molecule has 0 saturated carbocycles. The van der Waals surface area contributed by atoms with Crippen molar-refractivity contribution in [1.82, 2.24) is 35.0 Å². The SMILES string of the molecule is Cn1nccc1-c1cn(CC(=O)Nc2cccc3c2CN(C2CCC(=O)NC2=O)C3=O)nn1. The average Bonchev–Trinajstić information content (AvgIpc) is 3.48. The van der Waals surface area contributed by atoms with Crippen LogP contribution >= 0.6 is 0 Å². The minimum atomic E-state index is -0.716. The van der Waals surface area contributed by atoms with Crippen LogP contribution in [0.5, 0.6) is 0 Å². The zero-order valence-corrected chi connectivity index (χ0v) is 17.7. The molecule has 1 unspecified atom stereocenters. The molecule has 0 aliphatic carbocycles. The smallest absolute Gasteiger partial charge is 0.255 e. The van der Waals surface area contributed by atoms with E-state index in [4.69, 9.17) is 0 Å². The van der Waals surface area contributed by atoms with Crippen LogP contribution in [0.25, 0.3) is 11.4 Å². The molecule has 2 aliphatic heterocycles. The molecule has 2 aromatic heterocycles. The Labute approximate surface area is 187 Å². The molecule has 2 N–H and O–H groups in total. The van der Waals surface area contributed by atoms with Crippen molar-refractivity contribution in [3.63, 3.8) is 0 Å². The molecular weight excluding hydrogens is 428 g/mol. The Kier molecular flexibility index (Phi) is 4.96. The lowest BCUT2D eigenvalue weighted by molar-refractivity contribution is -0.137. The van der Waals surface area contributed by atoms with Gasteiger partial charge in [0.2, 0.25) is 17.7 Å². The number of aryl methyl sites for hydroxylation is 1. The number of rotatable bonds is 5. The maximum absolute atomic E-state index is 12.9. The van der Waals surface area contributed by atoms with Gasteiger partial charge in [0.1, 0.15) is 18.3 Å². The van der Waals surface area contributed by atoms with Crippen LogP contribution in [0, 0.1) is 0 Å². The molecule has 168 valence electrons. The lowest BCUT2D eigenvalue weighted by Gasteiger charge is -2.29. The number of fused-ring (bicyclic) bond motifs is 1. The number of carbonyl (C=O) groups excluding carboxylic acids is 4. The summed E-state index contributed by atoms with van der Waals surface area (Å²) in [6.07, 6.45) is 3.76. The minimum Gasteiger partial charge on any atom is -0.324 e. The summed E-state index contributed by atoms with van der Waals surface area (Å²) in [6.45, 7) is 0.101. The molecule has 1 saturated heterocycles. The Balaban J connectivity index is 1.30. The number of hydrogen-bond acceptors (Lipinski definition) is 7. The monoisotopic (exact) mass is 448 g/mol. The van der Waals surface area contributed by atoms with Crippen LogP contribution in [0.2, 0.25) is 0 Å². The van der Waals surface area contributed by atoms with E-state index in [9.17, 15) is 19.2 Å². The fourth-order valence-electron chi connectivity index (χ4n) is 4.16. The van der Waals surface area contributed by atoms with Crippen LogP contribution in [0.15, 0.2) is 36.7 Å². The summed E-state index contributed by atoms with van der Waals surface area (Å²) in [6, 6.07) is 6.13. The van der Waals surface area contributed by atoms with Crippen LogP contribution in [-0.4, -0.2) is 59.3 Å². The van der Waals surface area contributed by atoms with Gasteiger partial charge in [0.25, 0.3) is 5.91 Å². The summed E-state index contributed by atoms with van der Waals surface area (Å²) < 4.78 is 3.08. The highest BCUT2D eigenvalue weighted by Crippen LogP contribution is 2.32. The second-order valence-corrected chi connectivity index (χ2v) is 7.92. The first-order chi connectivity index (χ1) is 15.9. The standard InChI is InChI=1S/C21H20N8O4/c1-27-16(7-8-22-27)15-10-28(26-25-15)11-19(31)23-14-4-2-3-12-13(14)9-29(21(12)33)17-5-6-18(30)24-20(17)32/h2-4,7-8,10,17H,5-6,9,11H2,1H3,(H,23,31)(H,24,30,32). The summed E-state index contributed by atoms with van der Waals surface area (Å²) >= 11 is 0. The first-order valence-corrected chi connectivity index (χ1v) is 10.4. The Morgan fingerprint density at radius 2 is 2.09 bits per heavy atom. The molecular formula is C21H20N8O4. The van der Waals surface area contributed by atoms with Gasteiger partial charge in [0.05, 0.1) is 11.9 Å². The maximum Gasteiger partial charge on any atom is 0.255 e. The molecule has 0 bridgehead atoms. The van der Waals surface area contributed by atoms with Gasteiger partial charge >= 0.3 is 0 Å². The number of benzene rings is 1. The third-order valence-electron chi connectivity index (χ3n) is 5.78. The number of hydrogen-bond donors (Lipinski definition) is 2. The van der Waals surface area contributed by atoms with Gasteiger partial charge in [-0.15, -0.1) is 5.10 Å². The fourth-order valence-corrected chi connectivity index (χ4v) is 4.16. The predicted molar refractivity (Wildman–Crippen MR) is 113 cm³/mol. The van der Waals surface area contributed by atoms with Crippen molar-refractivity contribution in [3.05, 3.63) is 47.8 Å². The summed E-state index contributed by atoms with van der Waals surface area (Å²) in [4.78, 5) is 50.7. The highest BCUT2D eigenvalue weighted by atomic mass is 16.2. The lowest BCUT2D eigenvalue weighted by Crippen LogP contribution is -2.52. The number of aromatic nitrogens is 5. The predicted octanol–water partition coefficient (Wildman–Crippen LogP) is 0.0783. The molecule has 4 heterocycles. The van der Waals surface area contributed by atoms with Crippen LogP contribution < -0.4 is 10.6 Å². The van der Waals surface area contributed by atoms with Gasteiger partial charge < -0.3 is 10.2 Å². The molecule has 12 nitrogen and oxygen atoms in total. The van der Waals surface area contributed by atoms with Gasteiger partial charge in [0.15, 0.2) is 0 Å². The first-order valence-electron chi connectivity index (χ1n) is 10.4. The van der Waals surface area contributed by atoms with Crippen LogP contribution in [0.3, 0.4) is 0 Å². The fraction of sp³-hybridized carbons (Fsp3) is 0.286. The van der Waals surface area contributed by atoms with E-state index in [0.717, 1.165) is 5.69 Å². The first kappa shape index (κ1) is 20.5. The van der Waals surface area contributed by atoms with Crippen molar-refractivity contribution in [2.45, 2.75) is 32.0 Å². The van der Waals surface area contributed by atoms with Gasteiger partial charge in [-0.25, -0.2) is 4.68 Å². The van der Waals surface area contributed by atoms with Crippen molar-refractivity contribution in [3.8, 4) is 11.4 Å². The lowest BCUT2D eigenvalue weighted by atomic mass is 10.0. The molecule has 1 aromatic carbocycles. The van der Waals surface area contributed by atoms with E-state index in [1.54, 1.807) is 48.4 Å². The van der Waals surface area contributed by atoms with E-state index in [1.807, 2.05) is 0 Å². The summed E-state index contributed by atoms with van der Waals surface area (Å²) in [5.74, 6) is -1.45. The van der Waals surface area contributed by atoms with Crippen LogP contribution in [0.1, 0.15) is 28.8 Å². The summed E-state index contributed by atoms with van der Waals surface area (Å²) in [7, 11) is 1.79. The number of anilines is 1. The van der Waals surface area contributed by atoms with Gasteiger partial charge in [-0.05, 0) is 24.6 Å². The Hall–Kier alpha value is -4.35.